The Morgan fingerprint density at radius 3 is 2.60 bits per heavy atom. The van der Waals surface area contributed by atoms with Crippen molar-refractivity contribution in [1.82, 2.24) is 10.8 Å². The topological polar surface area (TPSA) is 59.6 Å². The lowest BCUT2D eigenvalue weighted by molar-refractivity contribution is -0.135. The number of carbonyl (C=O) groups excluding carboxylic acids is 1. The van der Waals surface area contributed by atoms with Crippen molar-refractivity contribution in [3.05, 3.63) is 35.9 Å². The van der Waals surface area contributed by atoms with Crippen LogP contribution in [0.2, 0.25) is 0 Å². The molecule has 1 heterocycles. The first-order chi connectivity index (χ1) is 12.3. The van der Waals surface area contributed by atoms with Gasteiger partial charge in [0.05, 0.1) is 13.7 Å². The van der Waals surface area contributed by atoms with E-state index in [2.05, 4.69) is 41.1 Å². The number of hydroxylamine groups is 1. The molecule has 0 bridgehead atoms. The van der Waals surface area contributed by atoms with Gasteiger partial charge in [-0.25, -0.2) is 5.48 Å². The lowest BCUT2D eigenvalue weighted by atomic mass is 9.86. The van der Waals surface area contributed by atoms with Crippen molar-refractivity contribution < 1.29 is 14.4 Å². The molecule has 1 atom stereocenters. The highest BCUT2D eigenvalue weighted by atomic mass is 16.6. The van der Waals surface area contributed by atoms with Gasteiger partial charge in [0.2, 0.25) is 5.91 Å². The number of piperidine rings is 1. The molecule has 1 aliphatic heterocycles. The number of hydrogen-bond acceptors (Lipinski definition) is 4. The van der Waals surface area contributed by atoms with E-state index in [1.165, 1.54) is 31.1 Å². The SMILES string of the molecule is CONC(=O)C1CC=C(c2ccc(OCC3CCNCC3)cc2)CC1. The maximum Gasteiger partial charge on any atom is 0.246 e. The van der Waals surface area contributed by atoms with E-state index < -0.39 is 0 Å². The molecule has 1 aromatic rings. The quantitative estimate of drug-likeness (QED) is 0.779. The summed E-state index contributed by atoms with van der Waals surface area (Å²) in [5.41, 5.74) is 4.96. The lowest BCUT2D eigenvalue weighted by Gasteiger charge is -2.23. The molecule has 0 spiro atoms. The fraction of sp³-hybridized carbons (Fsp3) is 0.550. The lowest BCUT2D eigenvalue weighted by Crippen LogP contribution is -2.30. The summed E-state index contributed by atoms with van der Waals surface area (Å²) in [6.45, 7) is 3.01. The second kappa shape index (κ2) is 9.02. The molecule has 1 amide bonds. The van der Waals surface area contributed by atoms with Gasteiger partial charge in [-0.2, -0.15) is 0 Å². The zero-order valence-electron chi connectivity index (χ0n) is 14.9. The Morgan fingerprint density at radius 1 is 1.20 bits per heavy atom. The Bertz CT molecular complexity index is 591. The van der Waals surface area contributed by atoms with Crippen molar-refractivity contribution in [2.45, 2.75) is 32.1 Å². The van der Waals surface area contributed by atoms with E-state index in [1.54, 1.807) is 0 Å². The fourth-order valence-corrected chi connectivity index (χ4v) is 3.55. The van der Waals surface area contributed by atoms with E-state index in [1.807, 2.05) is 0 Å². The predicted octanol–water partition coefficient (Wildman–Crippen LogP) is 2.93. The van der Waals surface area contributed by atoms with Crippen LogP contribution in [0, 0.1) is 11.8 Å². The summed E-state index contributed by atoms with van der Waals surface area (Å²) < 4.78 is 5.95. The Morgan fingerprint density at radius 2 is 1.96 bits per heavy atom. The Labute approximate surface area is 149 Å². The van der Waals surface area contributed by atoms with E-state index in [0.29, 0.717) is 5.92 Å². The van der Waals surface area contributed by atoms with Crippen molar-refractivity contribution in [2.24, 2.45) is 11.8 Å². The third kappa shape index (κ3) is 5.06. The number of amides is 1. The van der Waals surface area contributed by atoms with E-state index >= 15 is 0 Å². The second-order valence-corrected chi connectivity index (χ2v) is 6.90. The Hall–Kier alpha value is -1.85. The molecule has 25 heavy (non-hydrogen) atoms. The van der Waals surface area contributed by atoms with Crippen molar-refractivity contribution in [1.29, 1.82) is 0 Å². The molecule has 0 aromatic heterocycles. The highest BCUT2D eigenvalue weighted by molar-refractivity contribution is 5.79. The van der Waals surface area contributed by atoms with E-state index in [9.17, 15) is 4.79 Å². The van der Waals surface area contributed by atoms with E-state index in [4.69, 9.17) is 9.57 Å². The molecule has 1 aliphatic carbocycles. The van der Waals surface area contributed by atoms with Crippen molar-refractivity contribution in [3.63, 3.8) is 0 Å². The minimum atomic E-state index is -0.0283. The molecule has 1 unspecified atom stereocenters. The molecule has 0 saturated carbocycles. The third-order valence-corrected chi connectivity index (χ3v) is 5.15. The summed E-state index contributed by atoms with van der Waals surface area (Å²) in [5.74, 6) is 1.59. The monoisotopic (exact) mass is 344 g/mol. The van der Waals surface area contributed by atoms with Crippen LogP contribution < -0.4 is 15.5 Å². The number of rotatable bonds is 6. The number of carbonyl (C=O) groups is 1. The summed E-state index contributed by atoms with van der Waals surface area (Å²) in [6.07, 6.45) is 7.10. The van der Waals surface area contributed by atoms with Gasteiger partial charge in [-0.1, -0.05) is 18.2 Å². The Balaban J connectivity index is 1.51. The second-order valence-electron chi connectivity index (χ2n) is 6.90. The van der Waals surface area contributed by atoms with Crippen LogP contribution in [0.15, 0.2) is 30.3 Å². The third-order valence-electron chi connectivity index (χ3n) is 5.15. The van der Waals surface area contributed by atoms with Crippen LogP contribution >= 0.6 is 0 Å². The van der Waals surface area contributed by atoms with E-state index in [-0.39, 0.29) is 11.8 Å². The minimum Gasteiger partial charge on any atom is -0.493 e. The highest BCUT2D eigenvalue weighted by Crippen LogP contribution is 2.31. The standard InChI is InChI=1S/C20H28N2O3/c1-24-22-20(23)18-4-2-16(3-5-18)17-6-8-19(9-7-17)25-14-15-10-12-21-13-11-15/h2,6-9,15,18,21H,3-5,10-14H2,1H3,(H,22,23). The number of ether oxygens (including phenoxy) is 1. The first-order valence-corrected chi connectivity index (χ1v) is 9.22. The van der Waals surface area contributed by atoms with Gasteiger partial charge in [-0.05, 0) is 74.4 Å². The number of hydrogen-bond donors (Lipinski definition) is 2. The van der Waals surface area contributed by atoms with Crippen LogP contribution in [-0.2, 0) is 9.63 Å². The van der Waals surface area contributed by atoms with Gasteiger partial charge >= 0.3 is 0 Å². The number of allylic oxidation sites excluding steroid dienone is 2. The molecule has 1 saturated heterocycles. The number of nitrogens with one attached hydrogen (secondary N) is 2. The molecule has 5 heteroatoms. The molecule has 2 aliphatic rings. The molecule has 5 nitrogen and oxygen atoms in total. The molecule has 2 N–H and O–H groups in total. The van der Waals surface area contributed by atoms with Crippen LogP contribution in [0.5, 0.6) is 5.75 Å². The van der Waals surface area contributed by atoms with Gasteiger partial charge in [0.15, 0.2) is 0 Å². The van der Waals surface area contributed by atoms with Crippen molar-refractivity contribution >= 4 is 11.5 Å². The molecule has 0 radical (unpaired) electrons. The minimum absolute atomic E-state index is 0.0105. The largest absolute Gasteiger partial charge is 0.493 e. The average molecular weight is 344 g/mol. The number of benzene rings is 1. The predicted molar refractivity (Wildman–Crippen MR) is 98.0 cm³/mol. The molecule has 1 aromatic carbocycles. The van der Waals surface area contributed by atoms with Gasteiger partial charge in [-0.15, -0.1) is 0 Å². The fourth-order valence-electron chi connectivity index (χ4n) is 3.55. The summed E-state index contributed by atoms with van der Waals surface area (Å²) in [4.78, 5) is 16.5. The zero-order valence-corrected chi connectivity index (χ0v) is 14.9. The molecular formula is C20H28N2O3. The maximum atomic E-state index is 11.8. The van der Waals surface area contributed by atoms with Crippen LogP contribution in [0.3, 0.4) is 0 Å². The van der Waals surface area contributed by atoms with Crippen LogP contribution in [0.25, 0.3) is 5.57 Å². The van der Waals surface area contributed by atoms with E-state index in [0.717, 1.165) is 44.7 Å². The van der Waals surface area contributed by atoms with Crippen LogP contribution in [0.1, 0.15) is 37.7 Å². The summed E-state index contributed by atoms with van der Waals surface area (Å²) >= 11 is 0. The maximum absolute atomic E-state index is 11.8. The van der Waals surface area contributed by atoms with Gasteiger partial charge in [0.1, 0.15) is 5.75 Å². The van der Waals surface area contributed by atoms with Crippen LogP contribution in [-0.4, -0.2) is 32.7 Å². The smallest absolute Gasteiger partial charge is 0.246 e. The summed E-state index contributed by atoms with van der Waals surface area (Å²) in [6, 6.07) is 8.36. The van der Waals surface area contributed by atoms with Gasteiger partial charge in [-0.3, -0.25) is 9.63 Å². The van der Waals surface area contributed by atoms with Crippen molar-refractivity contribution in [3.8, 4) is 5.75 Å². The van der Waals surface area contributed by atoms with Gasteiger partial charge in [0, 0.05) is 5.92 Å². The summed E-state index contributed by atoms with van der Waals surface area (Å²) in [7, 11) is 1.47. The van der Waals surface area contributed by atoms with Gasteiger partial charge in [0.25, 0.3) is 0 Å². The first-order valence-electron chi connectivity index (χ1n) is 9.22. The van der Waals surface area contributed by atoms with Crippen molar-refractivity contribution in [2.75, 3.05) is 26.8 Å². The molecule has 1 fully saturated rings. The molecule has 136 valence electrons. The first kappa shape index (κ1) is 18.0. The van der Waals surface area contributed by atoms with Crippen LogP contribution in [0.4, 0.5) is 0 Å². The zero-order chi connectivity index (χ0) is 17.5. The molecule has 3 rings (SSSR count). The van der Waals surface area contributed by atoms with Gasteiger partial charge < -0.3 is 10.1 Å². The normalized spacial score (nSPS) is 21.5. The summed E-state index contributed by atoms with van der Waals surface area (Å²) in [5, 5.41) is 3.38. The average Bonchev–Trinajstić information content (AvgIpc) is 2.68. The Kier molecular flexibility index (Phi) is 6.48. The highest BCUT2D eigenvalue weighted by Gasteiger charge is 2.22. The molecular weight excluding hydrogens is 316 g/mol.